The first-order chi connectivity index (χ1) is 6.09. The molecule has 0 aromatic heterocycles. The van der Waals surface area contributed by atoms with E-state index in [2.05, 4.69) is 5.32 Å². The van der Waals surface area contributed by atoms with Gasteiger partial charge in [0.15, 0.2) is 0 Å². The molecule has 0 spiro atoms. The summed E-state index contributed by atoms with van der Waals surface area (Å²) < 4.78 is 28.1. The molecule has 6 heteroatoms. The molecular weight excluding hydrogens is 184 g/mol. The lowest BCUT2D eigenvalue weighted by Crippen LogP contribution is -2.30. The number of aliphatic carboxylic acids is 1. The highest BCUT2D eigenvalue weighted by molar-refractivity contribution is 5.73. The molecule has 1 fully saturated rings. The molecule has 1 aliphatic rings. The molecule has 0 aromatic carbocycles. The van der Waals surface area contributed by atoms with Gasteiger partial charge in [0.2, 0.25) is 0 Å². The molecule has 0 amide bonds. The van der Waals surface area contributed by atoms with Crippen LogP contribution in [0.25, 0.3) is 0 Å². The Morgan fingerprint density at radius 2 is 2.38 bits per heavy atom. The first kappa shape index (κ1) is 10.3. The van der Waals surface area contributed by atoms with Crippen LogP contribution in [0.4, 0.5) is 8.78 Å². The molecule has 0 aliphatic carbocycles. The fraction of sp³-hybridized carbons (Fsp3) is 0.857. The number of hydrogen-bond acceptors (Lipinski definition) is 3. The smallest absolute Gasteiger partial charge is 0.320 e. The Bertz CT molecular complexity index is 189. The van der Waals surface area contributed by atoms with Crippen molar-refractivity contribution in [1.82, 2.24) is 5.32 Å². The fourth-order valence-electron chi connectivity index (χ4n) is 1.23. The van der Waals surface area contributed by atoms with Gasteiger partial charge in [-0.2, -0.15) is 0 Å². The molecular formula is C7H11F2NO3. The Morgan fingerprint density at radius 1 is 1.69 bits per heavy atom. The van der Waals surface area contributed by atoms with Gasteiger partial charge in [0.05, 0.1) is 6.10 Å². The Labute approximate surface area is 73.9 Å². The highest BCUT2D eigenvalue weighted by atomic mass is 19.3. The Morgan fingerprint density at radius 3 is 2.85 bits per heavy atom. The van der Waals surface area contributed by atoms with Gasteiger partial charge in [-0.3, -0.25) is 4.79 Å². The molecule has 2 atom stereocenters. The molecule has 2 unspecified atom stereocenters. The number of ether oxygens (including phenoxy) is 1. The molecule has 0 bridgehead atoms. The molecule has 1 rings (SSSR count). The molecule has 0 aromatic rings. The average molecular weight is 195 g/mol. The van der Waals surface area contributed by atoms with Crippen LogP contribution in [0.15, 0.2) is 0 Å². The summed E-state index contributed by atoms with van der Waals surface area (Å²) in [5, 5.41) is 11.2. The van der Waals surface area contributed by atoms with E-state index in [-0.39, 0.29) is 6.42 Å². The number of alkyl halides is 2. The summed E-state index contributed by atoms with van der Waals surface area (Å²) in [4.78, 5) is 10.4. The number of nitrogens with one attached hydrogen (secondary N) is 1. The molecule has 1 heterocycles. The van der Waals surface area contributed by atoms with Crippen LogP contribution in [-0.4, -0.2) is 42.8 Å². The monoisotopic (exact) mass is 195 g/mol. The van der Waals surface area contributed by atoms with Crippen LogP contribution in [0.2, 0.25) is 0 Å². The predicted molar refractivity (Wildman–Crippen MR) is 39.8 cm³/mol. The SMILES string of the molecule is O=C(O)C1CC(OCC(F)F)CN1. The van der Waals surface area contributed by atoms with Gasteiger partial charge in [-0.05, 0) is 0 Å². The summed E-state index contributed by atoms with van der Waals surface area (Å²) in [6.07, 6.45) is -2.65. The van der Waals surface area contributed by atoms with E-state index in [4.69, 9.17) is 9.84 Å². The number of halogens is 2. The maximum atomic E-state index is 11.7. The quantitative estimate of drug-likeness (QED) is 0.667. The van der Waals surface area contributed by atoms with Crippen molar-refractivity contribution in [3.63, 3.8) is 0 Å². The molecule has 4 nitrogen and oxygen atoms in total. The van der Waals surface area contributed by atoms with E-state index in [1.54, 1.807) is 0 Å². The van der Waals surface area contributed by atoms with E-state index in [1.165, 1.54) is 0 Å². The summed E-state index contributed by atoms with van der Waals surface area (Å²) >= 11 is 0. The molecule has 76 valence electrons. The predicted octanol–water partition coefficient (Wildman–Crippen LogP) is 0.0832. The lowest BCUT2D eigenvalue weighted by molar-refractivity contribution is -0.139. The molecule has 0 radical (unpaired) electrons. The molecule has 0 saturated carbocycles. The van der Waals surface area contributed by atoms with Crippen molar-refractivity contribution in [2.45, 2.75) is 25.0 Å². The molecule has 2 N–H and O–H groups in total. The Kier molecular flexibility index (Phi) is 3.56. The van der Waals surface area contributed by atoms with Crippen LogP contribution in [0.3, 0.4) is 0 Å². The largest absolute Gasteiger partial charge is 0.480 e. The standard InChI is InChI=1S/C7H11F2NO3/c8-6(9)3-13-4-1-5(7(11)12)10-2-4/h4-6,10H,1-3H2,(H,11,12). The van der Waals surface area contributed by atoms with Crippen LogP contribution in [0.1, 0.15) is 6.42 Å². The third kappa shape index (κ3) is 3.23. The minimum atomic E-state index is -2.50. The number of carboxylic acids is 1. The first-order valence-corrected chi connectivity index (χ1v) is 3.95. The Hall–Kier alpha value is -0.750. The third-order valence-electron chi connectivity index (χ3n) is 1.85. The van der Waals surface area contributed by atoms with E-state index in [0.717, 1.165) is 0 Å². The van der Waals surface area contributed by atoms with E-state index in [0.29, 0.717) is 6.54 Å². The lowest BCUT2D eigenvalue weighted by atomic mass is 10.2. The van der Waals surface area contributed by atoms with Crippen LogP contribution in [0.5, 0.6) is 0 Å². The number of hydrogen-bond donors (Lipinski definition) is 2. The van der Waals surface area contributed by atoms with Crippen molar-refractivity contribution in [2.75, 3.05) is 13.2 Å². The van der Waals surface area contributed by atoms with E-state index in [9.17, 15) is 13.6 Å². The maximum absolute atomic E-state index is 11.7. The second-order valence-electron chi connectivity index (χ2n) is 2.88. The molecule has 1 saturated heterocycles. The summed E-state index contributed by atoms with van der Waals surface area (Å²) in [7, 11) is 0. The van der Waals surface area contributed by atoms with E-state index in [1.807, 2.05) is 0 Å². The maximum Gasteiger partial charge on any atom is 0.320 e. The summed E-state index contributed by atoms with van der Waals surface area (Å²) in [5.41, 5.74) is 0. The number of carbonyl (C=O) groups is 1. The van der Waals surface area contributed by atoms with Gasteiger partial charge in [0, 0.05) is 13.0 Å². The first-order valence-electron chi connectivity index (χ1n) is 3.95. The van der Waals surface area contributed by atoms with Crippen molar-refractivity contribution in [2.24, 2.45) is 0 Å². The zero-order valence-corrected chi connectivity index (χ0v) is 6.87. The molecule has 1 aliphatic heterocycles. The summed E-state index contributed by atoms with van der Waals surface area (Å²) in [6, 6.07) is -0.664. The third-order valence-corrected chi connectivity index (χ3v) is 1.85. The topological polar surface area (TPSA) is 58.6 Å². The normalized spacial score (nSPS) is 28.2. The highest BCUT2D eigenvalue weighted by Crippen LogP contribution is 2.11. The number of carboxylic acid groups (broad SMARTS) is 1. The zero-order chi connectivity index (χ0) is 9.84. The average Bonchev–Trinajstić information content (AvgIpc) is 2.48. The van der Waals surface area contributed by atoms with Gasteiger partial charge < -0.3 is 15.2 Å². The van der Waals surface area contributed by atoms with Gasteiger partial charge in [0.1, 0.15) is 12.6 Å². The second-order valence-corrected chi connectivity index (χ2v) is 2.88. The van der Waals surface area contributed by atoms with Crippen molar-refractivity contribution >= 4 is 5.97 Å². The Balaban J connectivity index is 2.21. The summed E-state index contributed by atoms with van der Waals surface area (Å²) in [6.45, 7) is -0.303. The van der Waals surface area contributed by atoms with Gasteiger partial charge in [0.25, 0.3) is 6.43 Å². The van der Waals surface area contributed by atoms with Crippen LogP contribution >= 0.6 is 0 Å². The number of rotatable bonds is 4. The van der Waals surface area contributed by atoms with E-state index < -0.39 is 31.1 Å². The second kappa shape index (κ2) is 4.48. The molecule has 13 heavy (non-hydrogen) atoms. The fourth-order valence-corrected chi connectivity index (χ4v) is 1.23. The van der Waals surface area contributed by atoms with Crippen LogP contribution < -0.4 is 5.32 Å². The van der Waals surface area contributed by atoms with Crippen LogP contribution in [-0.2, 0) is 9.53 Å². The minimum absolute atomic E-state index is 0.252. The van der Waals surface area contributed by atoms with Gasteiger partial charge in [-0.1, -0.05) is 0 Å². The van der Waals surface area contributed by atoms with Crippen molar-refractivity contribution in [3.05, 3.63) is 0 Å². The summed E-state index contributed by atoms with van der Waals surface area (Å²) in [5.74, 6) is -0.969. The van der Waals surface area contributed by atoms with Crippen LogP contribution in [0, 0.1) is 0 Å². The highest BCUT2D eigenvalue weighted by Gasteiger charge is 2.29. The van der Waals surface area contributed by atoms with Crippen molar-refractivity contribution < 1.29 is 23.4 Å². The van der Waals surface area contributed by atoms with Crippen molar-refractivity contribution in [1.29, 1.82) is 0 Å². The zero-order valence-electron chi connectivity index (χ0n) is 6.87. The lowest BCUT2D eigenvalue weighted by Gasteiger charge is -2.09. The van der Waals surface area contributed by atoms with Gasteiger partial charge in [-0.25, -0.2) is 8.78 Å². The van der Waals surface area contributed by atoms with Gasteiger partial charge in [-0.15, -0.1) is 0 Å². The van der Waals surface area contributed by atoms with Gasteiger partial charge >= 0.3 is 5.97 Å². The minimum Gasteiger partial charge on any atom is -0.480 e. The van der Waals surface area contributed by atoms with Crippen molar-refractivity contribution in [3.8, 4) is 0 Å². The van der Waals surface area contributed by atoms with E-state index >= 15 is 0 Å².